The second kappa shape index (κ2) is 3.76. The molecule has 21 heavy (non-hydrogen) atoms. The van der Waals surface area contributed by atoms with Gasteiger partial charge in [0.1, 0.15) is 0 Å². The summed E-state index contributed by atoms with van der Waals surface area (Å²) in [6, 6.07) is 20.1. The van der Waals surface area contributed by atoms with Gasteiger partial charge in [-0.1, -0.05) is 42.0 Å². The summed E-state index contributed by atoms with van der Waals surface area (Å²) in [7, 11) is 0. The number of rotatable bonds is 0. The monoisotopic (exact) mass is 269 g/mol. The molecule has 5 rings (SSSR count). The maximum absolute atomic E-state index is 3.55. The molecule has 0 atom stereocenters. The van der Waals surface area contributed by atoms with Crippen LogP contribution in [0.25, 0.3) is 32.9 Å². The Morgan fingerprint density at radius 3 is 2.57 bits per heavy atom. The largest absolute Gasteiger partial charge is 0.354 e. The van der Waals surface area contributed by atoms with E-state index >= 15 is 0 Å². The molecule has 0 aliphatic heterocycles. The molecule has 0 amide bonds. The Hall–Kier alpha value is -2.54. The van der Waals surface area contributed by atoms with Gasteiger partial charge in [-0.3, -0.25) is 0 Å². The summed E-state index contributed by atoms with van der Waals surface area (Å²) in [5.41, 5.74) is 9.51. The van der Waals surface area contributed by atoms with Crippen molar-refractivity contribution in [2.45, 2.75) is 13.3 Å². The van der Waals surface area contributed by atoms with E-state index in [0.29, 0.717) is 0 Å². The Balaban J connectivity index is 1.85. The lowest BCUT2D eigenvalue weighted by molar-refractivity contribution is 1.25. The number of H-pyrrole nitrogens is 1. The number of aryl methyl sites for hydroxylation is 1. The number of benzene rings is 3. The van der Waals surface area contributed by atoms with Gasteiger partial charge in [-0.25, -0.2) is 0 Å². The molecule has 1 aromatic heterocycles. The normalized spacial score (nSPS) is 12.8. The van der Waals surface area contributed by atoms with Crippen molar-refractivity contribution in [3.8, 4) is 11.1 Å². The zero-order valence-electron chi connectivity index (χ0n) is 11.9. The van der Waals surface area contributed by atoms with E-state index in [1.807, 2.05) is 0 Å². The van der Waals surface area contributed by atoms with E-state index in [-0.39, 0.29) is 0 Å². The first-order valence-electron chi connectivity index (χ1n) is 7.43. The second-order valence-electron chi connectivity index (χ2n) is 6.06. The van der Waals surface area contributed by atoms with Crippen LogP contribution in [-0.2, 0) is 6.42 Å². The minimum Gasteiger partial charge on any atom is -0.354 e. The maximum Gasteiger partial charge on any atom is 0.0471 e. The van der Waals surface area contributed by atoms with Crippen LogP contribution in [-0.4, -0.2) is 4.98 Å². The summed E-state index contributed by atoms with van der Waals surface area (Å²) in [5.74, 6) is 0. The molecular weight excluding hydrogens is 254 g/mol. The first kappa shape index (κ1) is 11.2. The fourth-order valence-electron chi connectivity index (χ4n) is 3.68. The predicted octanol–water partition coefficient (Wildman–Crippen LogP) is 5.20. The highest BCUT2D eigenvalue weighted by Gasteiger charge is 2.20. The van der Waals surface area contributed by atoms with Gasteiger partial charge in [0.25, 0.3) is 0 Å². The Kier molecular flexibility index (Phi) is 2.00. The van der Waals surface area contributed by atoms with E-state index < -0.39 is 0 Å². The molecule has 0 saturated carbocycles. The Morgan fingerprint density at radius 2 is 1.62 bits per heavy atom. The standard InChI is InChI=1S/C20H15N/c1-12-6-7-15-13(8-12)9-14-10-18-16-4-2-3-5-19(16)21-20(18)11-17(14)15/h2-8,10-11,21H,9H2,1H3. The summed E-state index contributed by atoms with van der Waals surface area (Å²) < 4.78 is 0. The number of fused-ring (bicyclic) bond motifs is 6. The molecule has 4 aromatic rings. The topological polar surface area (TPSA) is 15.8 Å². The van der Waals surface area contributed by atoms with E-state index in [1.165, 1.54) is 49.6 Å². The number of aromatic amines is 1. The van der Waals surface area contributed by atoms with Crippen molar-refractivity contribution in [2.24, 2.45) is 0 Å². The number of hydrogen-bond donors (Lipinski definition) is 1. The summed E-state index contributed by atoms with van der Waals surface area (Å²) in [6.45, 7) is 2.17. The van der Waals surface area contributed by atoms with Crippen LogP contribution in [0.15, 0.2) is 54.6 Å². The van der Waals surface area contributed by atoms with Gasteiger partial charge in [0, 0.05) is 21.8 Å². The lowest BCUT2D eigenvalue weighted by Gasteiger charge is -2.02. The lowest BCUT2D eigenvalue weighted by atomic mass is 10.0. The minimum atomic E-state index is 1.06. The zero-order valence-corrected chi connectivity index (χ0v) is 11.9. The smallest absolute Gasteiger partial charge is 0.0471 e. The zero-order chi connectivity index (χ0) is 14.0. The highest BCUT2D eigenvalue weighted by atomic mass is 14.7. The van der Waals surface area contributed by atoms with Crippen LogP contribution in [0.1, 0.15) is 16.7 Å². The SMILES string of the molecule is Cc1ccc2c(c1)Cc1cc3c(cc1-2)[nH]c1ccccc13. The molecule has 0 bridgehead atoms. The molecule has 3 aromatic carbocycles. The van der Waals surface area contributed by atoms with E-state index in [9.17, 15) is 0 Å². The number of para-hydroxylation sites is 1. The Labute approximate surface area is 123 Å². The lowest BCUT2D eigenvalue weighted by Crippen LogP contribution is -1.81. The molecule has 1 heterocycles. The van der Waals surface area contributed by atoms with Crippen LogP contribution < -0.4 is 0 Å². The molecule has 0 radical (unpaired) electrons. The fraction of sp³-hybridized carbons (Fsp3) is 0.100. The van der Waals surface area contributed by atoms with Gasteiger partial charge in [0.2, 0.25) is 0 Å². The van der Waals surface area contributed by atoms with Crippen molar-refractivity contribution >= 4 is 21.8 Å². The quantitative estimate of drug-likeness (QED) is 0.397. The molecule has 1 N–H and O–H groups in total. The number of aromatic nitrogens is 1. The first-order valence-corrected chi connectivity index (χ1v) is 7.43. The van der Waals surface area contributed by atoms with Crippen molar-refractivity contribution < 1.29 is 0 Å². The molecule has 1 nitrogen and oxygen atoms in total. The average molecular weight is 269 g/mol. The van der Waals surface area contributed by atoms with Crippen molar-refractivity contribution in [3.63, 3.8) is 0 Å². The minimum absolute atomic E-state index is 1.06. The molecule has 1 aliphatic carbocycles. The third kappa shape index (κ3) is 1.46. The summed E-state index contributed by atoms with van der Waals surface area (Å²) in [6.07, 6.45) is 1.06. The van der Waals surface area contributed by atoms with Crippen molar-refractivity contribution in [2.75, 3.05) is 0 Å². The molecule has 100 valence electrons. The van der Waals surface area contributed by atoms with Crippen molar-refractivity contribution in [3.05, 3.63) is 71.3 Å². The van der Waals surface area contributed by atoms with Gasteiger partial charge in [0.15, 0.2) is 0 Å². The fourth-order valence-corrected chi connectivity index (χ4v) is 3.68. The highest BCUT2D eigenvalue weighted by molar-refractivity contribution is 6.09. The first-order chi connectivity index (χ1) is 10.3. The maximum atomic E-state index is 3.55. The molecule has 0 saturated heterocycles. The number of hydrogen-bond acceptors (Lipinski definition) is 0. The van der Waals surface area contributed by atoms with Crippen LogP contribution in [0, 0.1) is 6.92 Å². The van der Waals surface area contributed by atoms with Gasteiger partial charge in [-0.2, -0.15) is 0 Å². The molecule has 0 unspecified atom stereocenters. The van der Waals surface area contributed by atoms with Gasteiger partial charge in [-0.05, 0) is 53.8 Å². The Morgan fingerprint density at radius 1 is 0.762 bits per heavy atom. The molecule has 0 fully saturated rings. The van der Waals surface area contributed by atoms with E-state index in [0.717, 1.165) is 6.42 Å². The van der Waals surface area contributed by atoms with Gasteiger partial charge in [0.05, 0.1) is 0 Å². The van der Waals surface area contributed by atoms with Crippen LogP contribution in [0.5, 0.6) is 0 Å². The average Bonchev–Trinajstić information content (AvgIpc) is 3.01. The van der Waals surface area contributed by atoms with Gasteiger partial charge >= 0.3 is 0 Å². The summed E-state index contributed by atoms with van der Waals surface area (Å²) in [5, 5.41) is 2.66. The number of nitrogens with one attached hydrogen (secondary N) is 1. The van der Waals surface area contributed by atoms with Crippen LogP contribution >= 0.6 is 0 Å². The third-order valence-corrected chi connectivity index (χ3v) is 4.66. The van der Waals surface area contributed by atoms with E-state index in [1.54, 1.807) is 0 Å². The predicted molar refractivity (Wildman–Crippen MR) is 88.8 cm³/mol. The van der Waals surface area contributed by atoms with Crippen molar-refractivity contribution in [1.82, 2.24) is 4.98 Å². The highest BCUT2D eigenvalue weighted by Crippen LogP contribution is 2.40. The third-order valence-electron chi connectivity index (χ3n) is 4.66. The van der Waals surface area contributed by atoms with Crippen LogP contribution in [0.2, 0.25) is 0 Å². The van der Waals surface area contributed by atoms with E-state index in [2.05, 4.69) is 66.5 Å². The Bertz CT molecular complexity index is 1020. The second-order valence-corrected chi connectivity index (χ2v) is 6.06. The van der Waals surface area contributed by atoms with Gasteiger partial charge in [-0.15, -0.1) is 0 Å². The molecule has 1 heteroatoms. The molecular formula is C20H15N. The van der Waals surface area contributed by atoms with Gasteiger partial charge < -0.3 is 4.98 Å². The van der Waals surface area contributed by atoms with Crippen LogP contribution in [0.3, 0.4) is 0 Å². The summed E-state index contributed by atoms with van der Waals surface area (Å²) in [4.78, 5) is 3.55. The molecule has 1 aliphatic rings. The summed E-state index contributed by atoms with van der Waals surface area (Å²) >= 11 is 0. The van der Waals surface area contributed by atoms with Crippen LogP contribution in [0.4, 0.5) is 0 Å². The van der Waals surface area contributed by atoms with E-state index in [4.69, 9.17) is 0 Å². The molecule has 0 spiro atoms. The van der Waals surface area contributed by atoms with Crippen molar-refractivity contribution in [1.29, 1.82) is 0 Å².